The maximum atomic E-state index is 13.0. The van der Waals surface area contributed by atoms with Crippen molar-refractivity contribution >= 4 is 28.3 Å². The molecule has 27 heavy (non-hydrogen) atoms. The highest BCUT2D eigenvalue weighted by atomic mass is 35.5. The summed E-state index contributed by atoms with van der Waals surface area (Å²) in [6, 6.07) is 5.77. The van der Waals surface area contributed by atoms with Crippen LogP contribution in [-0.2, 0) is 27.7 Å². The second-order valence-electron chi connectivity index (χ2n) is 7.66. The minimum Gasteiger partial charge on any atom is -0.352 e. The molecule has 2 heterocycles. The molecule has 1 aromatic rings. The Balaban J connectivity index is 0.00000210. The molecule has 0 bridgehead atoms. The Morgan fingerprint density at radius 2 is 1.85 bits per heavy atom. The highest BCUT2D eigenvalue weighted by Crippen LogP contribution is 2.28. The van der Waals surface area contributed by atoms with Crippen LogP contribution in [0.15, 0.2) is 23.1 Å². The van der Waals surface area contributed by atoms with Crippen molar-refractivity contribution in [3.63, 3.8) is 0 Å². The van der Waals surface area contributed by atoms with Crippen LogP contribution in [0.5, 0.6) is 0 Å². The van der Waals surface area contributed by atoms with Gasteiger partial charge in [0.25, 0.3) is 0 Å². The number of carbonyl (C=O) groups excluding carboxylic acids is 1. The highest BCUT2D eigenvalue weighted by Gasteiger charge is 2.33. The second-order valence-corrected chi connectivity index (χ2v) is 9.60. The summed E-state index contributed by atoms with van der Waals surface area (Å²) in [7, 11) is -3.46. The van der Waals surface area contributed by atoms with Gasteiger partial charge in [0.2, 0.25) is 15.9 Å². The Kier molecular flexibility index (Phi) is 6.46. The van der Waals surface area contributed by atoms with Gasteiger partial charge >= 0.3 is 0 Å². The number of amides is 1. The Labute approximate surface area is 167 Å². The van der Waals surface area contributed by atoms with E-state index in [0.717, 1.165) is 38.8 Å². The average Bonchev–Trinajstić information content (AvgIpc) is 3.32. The standard InChI is InChI=1S/C19H27N3O3S.ClH/c23-19(21-17-6-9-20-13-17)15-7-10-22(11-8-15)26(24,25)18-5-4-14-2-1-3-16(14)12-18;/h4-5,12,15,17,20H,1-3,6-11,13H2,(H,21,23);1H. The van der Waals surface area contributed by atoms with E-state index >= 15 is 0 Å². The molecule has 8 heteroatoms. The summed E-state index contributed by atoms with van der Waals surface area (Å²) in [4.78, 5) is 12.8. The second kappa shape index (κ2) is 8.47. The van der Waals surface area contributed by atoms with Gasteiger partial charge in [-0.2, -0.15) is 4.31 Å². The summed E-state index contributed by atoms with van der Waals surface area (Å²) in [6.45, 7) is 2.61. The molecule has 1 aromatic carbocycles. The van der Waals surface area contributed by atoms with Gasteiger partial charge in [-0.1, -0.05) is 6.07 Å². The van der Waals surface area contributed by atoms with E-state index in [0.29, 0.717) is 30.8 Å². The number of nitrogens with one attached hydrogen (secondary N) is 2. The zero-order valence-electron chi connectivity index (χ0n) is 15.4. The number of aryl methyl sites for hydroxylation is 2. The Bertz CT molecular complexity index is 785. The number of halogens is 1. The number of carbonyl (C=O) groups is 1. The lowest BCUT2D eigenvalue weighted by molar-refractivity contribution is -0.126. The van der Waals surface area contributed by atoms with Crippen molar-refractivity contribution in [2.45, 2.75) is 49.5 Å². The predicted octanol–water partition coefficient (Wildman–Crippen LogP) is 1.48. The normalized spacial score (nSPS) is 23.6. The monoisotopic (exact) mass is 413 g/mol. The lowest BCUT2D eigenvalue weighted by Crippen LogP contribution is -2.45. The van der Waals surface area contributed by atoms with Gasteiger partial charge in [0.05, 0.1) is 4.90 Å². The molecule has 1 aliphatic carbocycles. The fraction of sp³-hybridized carbons (Fsp3) is 0.632. The van der Waals surface area contributed by atoms with Crippen molar-refractivity contribution in [3.05, 3.63) is 29.3 Å². The van der Waals surface area contributed by atoms with Gasteiger partial charge in [0.15, 0.2) is 0 Å². The van der Waals surface area contributed by atoms with Gasteiger partial charge in [-0.3, -0.25) is 4.79 Å². The molecule has 0 aromatic heterocycles. The topological polar surface area (TPSA) is 78.5 Å². The minimum atomic E-state index is -3.46. The maximum absolute atomic E-state index is 13.0. The first kappa shape index (κ1) is 20.6. The SMILES string of the molecule is Cl.O=C(NC1CCNC1)C1CCN(S(=O)(=O)c2ccc3c(c2)CCC3)CC1. The van der Waals surface area contributed by atoms with E-state index in [1.165, 1.54) is 11.1 Å². The van der Waals surface area contributed by atoms with E-state index in [9.17, 15) is 13.2 Å². The molecule has 0 saturated carbocycles. The summed E-state index contributed by atoms with van der Waals surface area (Å²) in [5, 5.41) is 6.33. The zero-order chi connectivity index (χ0) is 18.1. The number of nitrogens with zero attached hydrogens (tertiary/aromatic N) is 1. The van der Waals surface area contributed by atoms with Crippen molar-refractivity contribution in [3.8, 4) is 0 Å². The lowest BCUT2D eigenvalue weighted by atomic mass is 9.97. The third-order valence-corrected chi connectivity index (χ3v) is 7.83. The Morgan fingerprint density at radius 1 is 1.11 bits per heavy atom. The number of piperidine rings is 1. The van der Waals surface area contributed by atoms with Crippen LogP contribution >= 0.6 is 12.4 Å². The van der Waals surface area contributed by atoms with Crippen molar-refractivity contribution in [1.82, 2.24) is 14.9 Å². The molecule has 1 atom stereocenters. The van der Waals surface area contributed by atoms with E-state index in [2.05, 4.69) is 10.6 Å². The number of rotatable bonds is 4. The summed E-state index contributed by atoms with van der Waals surface area (Å²) in [5.74, 6) is -0.00431. The van der Waals surface area contributed by atoms with Gasteiger partial charge < -0.3 is 10.6 Å². The smallest absolute Gasteiger partial charge is 0.243 e. The van der Waals surface area contributed by atoms with Crippen LogP contribution in [0.4, 0.5) is 0 Å². The molecule has 2 N–H and O–H groups in total. The molecule has 0 spiro atoms. The fourth-order valence-corrected chi connectivity index (χ4v) is 5.83. The van der Waals surface area contributed by atoms with Gasteiger partial charge in [-0.15, -0.1) is 12.4 Å². The van der Waals surface area contributed by atoms with E-state index < -0.39 is 10.0 Å². The maximum Gasteiger partial charge on any atom is 0.243 e. The molecule has 1 unspecified atom stereocenters. The van der Waals surface area contributed by atoms with E-state index in [1.807, 2.05) is 12.1 Å². The van der Waals surface area contributed by atoms with Crippen LogP contribution in [0.1, 0.15) is 36.8 Å². The molecule has 1 amide bonds. The van der Waals surface area contributed by atoms with Crippen LogP contribution in [0.2, 0.25) is 0 Å². The molecule has 150 valence electrons. The fourth-order valence-electron chi connectivity index (χ4n) is 4.31. The van der Waals surface area contributed by atoms with Crippen LogP contribution < -0.4 is 10.6 Å². The number of hydrogen-bond acceptors (Lipinski definition) is 4. The molecule has 2 fully saturated rings. The predicted molar refractivity (Wildman–Crippen MR) is 107 cm³/mol. The molecular formula is C19H28ClN3O3S. The zero-order valence-corrected chi connectivity index (χ0v) is 17.1. The first-order valence-electron chi connectivity index (χ1n) is 9.67. The first-order valence-corrected chi connectivity index (χ1v) is 11.1. The van der Waals surface area contributed by atoms with Crippen molar-refractivity contribution < 1.29 is 13.2 Å². The summed E-state index contributed by atoms with van der Waals surface area (Å²) in [6.07, 6.45) is 5.28. The van der Waals surface area contributed by atoms with Gasteiger partial charge in [0, 0.05) is 31.6 Å². The number of fused-ring (bicyclic) bond motifs is 1. The van der Waals surface area contributed by atoms with Gasteiger partial charge in [0.1, 0.15) is 0 Å². The summed E-state index contributed by atoms with van der Waals surface area (Å²) >= 11 is 0. The number of sulfonamides is 1. The summed E-state index contributed by atoms with van der Waals surface area (Å²) < 4.78 is 27.5. The first-order chi connectivity index (χ1) is 12.5. The lowest BCUT2D eigenvalue weighted by Gasteiger charge is -2.31. The van der Waals surface area contributed by atoms with Crippen molar-refractivity contribution in [2.75, 3.05) is 26.2 Å². The third-order valence-electron chi connectivity index (χ3n) is 5.94. The van der Waals surface area contributed by atoms with Gasteiger partial charge in [-0.25, -0.2) is 8.42 Å². The van der Waals surface area contributed by atoms with Crippen LogP contribution in [0.3, 0.4) is 0 Å². The van der Waals surface area contributed by atoms with Gasteiger partial charge in [-0.05, 0) is 68.3 Å². The van der Waals surface area contributed by atoms with Crippen molar-refractivity contribution in [2.24, 2.45) is 5.92 Å². The molecular weight excluding hydrogens is 386 g/mol. The summed E-state index contributed by atoms with van der Waals surface area (Å²) in [5.41, 5.74) is 2.45. The molecule has 0 radical (unpaired) electrons. The van der Waals surface area contributed by atoms with Crippen LogP contribution in [0.25, 0.3) is 0 Å². The van der Waals surface area contributed by atoms with Crippen LogP contribution in [0, 0.1) is 5.92 Å². The quantitative estimate of drug-likeness (QED) is 0.783. The number of hydrogen-bond donors (Lipinski definition) is 2. The van der Waals surface area contributed by atoms with Crippen molar-refractivity contribution in [1.29, 1.82) is 0 Å². The Hall–Kier alpha value is -1.15. The number of benzene rings is 1. The van der Waals surface area contributed by atoms with E-state index in [1.54, 1.807) is 10.4 Å². The molecule has 4 rings (SSSR count). The molecule has 3 aliphatic rings. The largest absolute Gasteiger partial charge is 0.352 e. The van der Waals surface area contributed by atoms with E-state index in [-0.39, 0.29) is 30.3 Å². The molecule has 6 nitrogen and oxygen atoms in total. The minimum absolute atomic E-state index is 0. The van der Waals surface area contributed by atoms with Crippen LogP contribution in [-0.4, -0.2) is 50.9 Å². The average molecular weight is 414 g/mol. The molecule has 2 aliphatic heterocycles. The highest BCUT2D eigenvalue weighted by molar-refractivity contribution is 7.89. The third kappa shape index (κ3) is 4.31. The van der Waals surface area contributed by atoms with E-state index in [4.69, 9.17) is 0 Å². The Morgan fingerprint density at radius 3 is 2.56 bits per heavy atom. The molecule has 2 saturated heterocycles.